The summed E-state index contributed by atoms with van der Waals surface area (Å²) in [6.07, 6.45) is -1.35. The molecule has 17 heteroatoms. The van der Waals surface area contributed by atoms with Crippen LogP contribution in [0.1, 0.15) is 27.7 Å². The van der Waals surface area contributed by atoms with Gasteiger partial charge in [0.15, 0.2) is 13.2 Å². The Morgan fingerprint density at radius 1 is 0.793 bits per heavy atom. The first-order valence-electron chi connectivity index (χ1n) is 18.5. The number of likely N-dealkylation sites (N-methyl/N-ethyl adjacent to an activating group) is 2. The molecule has 2 aromatic carbocycles. The van der Waals surface area contributed by atoms with Crippen molar-refractivity contribution in [2.75, 3.05) is 70.6 Å². The van der Waals surface area contributed by atoms with Crippen LogP contribution in [0.15, 0.2) is 94.3 Å². The van der Waals surface area contributed by atoms with Crippen LogP contribution in [-0.4, -0.2) is 103 Å². The molecule has 0 fully saturated rings. The third-order valence-electron chi connectivity index (χ3n) is 8.70. The number of alkyl carbamates (subject to hydrolysis) is 2. The number of nitrogens with zero attached hydrogens (tertiary/aromatic N) is 2. The molecule has 0 atom stereocenters. The molecule has 1 aliphatic heterocycles. The van der Waals surface area contributed by atoms with Crippen LogP contribution in [0.25, 0.3) is 33.4 Å². The lowest BCUT2D eigenvalue weighted by Gasteiger charge is -2.24. The van der Waals surface area contributed by atoms with Gasteiger partial charge in [0.2, 0.25) is 5.36 Å². The zero-order valence-corrected chi connectivity index (χ0v) is 33.8. The van der Waals surface area contributed by atoms with Crippen molar-refractivity contribution in [2.45, 2.75) is 32.6 Å². The van der Waals surface area contributed by atoms with Crippen LogP contribution in [0, 0.1) is 0 Å². The van der Waals surface area contributed by atoms with Gasteiger partial charge in [-0.3, -0.25) is 0 Å². The van der Waals surface area contributed by atoms with Crippen LogP contribution in [0.5, 0.6) is 0 Å². The zero-order valence-electron chi connectivity index (χ0n) is 33.0. The van der Waals surface area contributed by atoms with Crippen molar-refractivity contribution in [1.82, 2.24) is 15.2 Å². The van der Waals surface area contributed by atoms with Crippen LogP contribution in [-0.2, 0) is 38.7 Å². The van der Waals surface area contributed by atoms with E-state index in [9.17, 15) is 32.1 Å². The molecule has 0 bridgehead atoms. The minimum Gasteiger partial charge on any atom is -0.744 e. The van der Waals surface area contributed by atoms with E-state index in [1.54, 1.807) is 36.4 Å². The topological polar surface area (TPSA) is 206 Å². The Bertz CT molecular complexity index is 2320. The molecule has 16 nitrogen and oxygen atoms in total. The maximum atomic E-state index is 12.5. The highest BCUT2D eigenvalue weighted by Gasteiger charge is 2.23. The molecule has 0 unspecified atom stereocenters. The number of fused-ring (bicyclic) bond motifs is 2. The summed E-state index contributed by atoms with van der Waals surface area (Å²) < 4.78 is 66.5. The van der Waals surface area contributed by atoms with E-state index >= 15 is 0 Å². The standard InChI is InChI=1S/C41H48N4O12S/c1-7-44(19-23-55-40(48)42-17-21-53-38(46)27(3)4)29-13-15-31-34(25-29)57-35-26-30(14-16-32(35)37(31)33-11-9-10-12-36(33)58(50,51)52)45(8-2)20-24-56-41(49)43-18-22-54-39(47)28(5)6/h9-16,25-26H,3,5,7-8,17-24H2,1-2,4,6H3,(H2-,42,43,48,49,50,51,52). The van der Waals surface area contributed by atoms with E-state index in [0.29, 0.717) is 54.0 Å². The summed E-state index contributed by atoms with van der Waals surface area (Å²) in [6, 6.07) is 16.8. The number of ether oxygens (including phenoxy) is 4. The Kier molecular flexibility index (Phi) is 16.0. The Labute approximate surface area is 336 Å². The third kappa shape index (κ3) is 12.1. The van der Waals surface area contributed by atoms with E-state index in [2.05, 4.69) is 23.8 Å². The zero-order chi connectivity index (χ0) is 42.4. The van der Waals surface area contributed by atoms with Crippen molar-refractivity contribution in [2.24, 2.45) is 0 Å². The molecule has 0 aromatic heterocycles. The highest BCUT2D eigenvalue weighted by atomic mass is 32.2. The molecular formula is C41H48N4O12S. The highest BCUT2D eigenvalue weighted by molar-refractivity contribution is 7.85. The molecule has 2 aliphatic rings. The molecule has 1 heterocycles. The fraction of sp³-hybridized carbons (Fsp3) is 0.341. The summed E-state index contributed by atoms with van der Waals surface area (Å²) >= 11 is 0. The van der Waals surface area contributed by atoms with Gasteiger partial charge in [0.1, 0.15) is 47.8 Å². The van der Waals surface area contributed by atoms with Gasteiger partial charge in [-0.15, -0.1) is 0 Å². The molecule has 2 aromatic rings. The molecular weight excluding hydrogens is 773 g/mol. The second kappa shape index (κ2) is 20.8. The van der Waals surface area contributed by atoms with Crippen LogP contribution >= 0.6 is 0 Å². The summed E-state index contributed by atoms with van der Waals surface area (Å²) in [7, 11) is -4.88. The van der Waals surface area contributed by atoms with Crippen molar-refractivity contribution >= 4 is 50.9 Å². The normalized spacial score (nSPS) is 11.7. The Hall–Kier alpha value is -6.20. The Morgan fingerprint density at radius 3 is 2.00 bits per heavy atom. The lowest BCUT2D eigenvalue weighted by molar-refractivity contribution is -0.139. The highest BCUT2D eigenvalue weighted by Crippen LogP contribution is 2.42. The lowest BCUT2D eigenvalue weighted by atomic mass is 9.93. The largest absolute Gasteiger partial charge is 0.744 e. The molecule has 310 valence electrons. The summed E-state index contributed by atoms with van der Waals surface area (Å²) in [4.78, 5) is 49.1. The van der Waals surface area contributed by atoms with E-state index in [0.717, 1.165) is 11.0 Å². The fourth-order valence-electron chi connectivity index (χ4n) is 5.82. The predicted molar refractivity (Wildman–Crippen MR) is 215 cm³/mol. The van der Waals surface area contributed by atoms with Gasteiger partial charge in [-0.25, -0.2) is 32.2 Å². The number of rotatable bonds is 19. The van der Waals surface area contributed by atoms with Gasteiger partial charge in [-0.2, -0.15) is 0 Å². The smallest absolute Gasteiger partial charge is 0.407 e. The number of benzene rings is 3. The average molecular weight is 821 g/mol. The molecule has 0 saturated carbocycles. The van der Waals surface area contributed by atoms with E-state index in [1.807, 2.05) is 35.5 Å². The van der Waals surface area contributed by atoms with Crippen molar-refractivity contribution in [3.8, 4) is 22.5 Å². The second-order valence-electron chi connectivity index (χ2n) is 12.9. The Balaban J connectivity index is 1.62. The first kappa shape index (κ1) is 44.5. The van der Waals surface area contributed by atoms with Gasteiger partial charge in [0.05, 0.1) is 30.6 Å². The lowest BCUT2D eigenvalue weighted by Crippen LogP contribution is -2.35. The van der Waals surface area contributed by atoms with E-state index in [4.69, 9.17) is 23.4 Å². The number of carbonyl (C=O) groups is 4. The van der Waals surface area contributed by atoms with Crippen molar-refractivity contribution < 1.29 is 55.5 Å². The molecule has 4 rings (SSSR count). The number of anilines is 1. The Morgan fingerprint density at radius 2 is 1.41 bits per heavy atom. The van der Waals surface area contributed by atoms with Gasteiger partial charge >= 0.3 is 24.1 Å². The fourth-order valence-corrected chi connectivity index (χ4v) is 6.51. The first-order chi connectivity index (χ1) is 27.6. The van der Waals surface area contributed by atoms with E-state index in [-0.39, 0.29) is 61.1 Å². The number of amides is 2. The number of nitrogens with one attached hydrogen (secondary N) is 2. The summed E-state index contributed by atoms with van der Waals surface area (Å²) in [6.45, 7) is 15.7. The molecule has 0 radical (unpaired) electrons. The monoisotopic (exact) mass is 820 g/mol. The second-order valence-corrected chi connectivity index (χ2v) is 14.3. The van der Waals surface area contributed by atoms with E-state index in [1.165, 1.54) is 26.0 Å². The van der Waals surface area contributed by atoms with Crippen LogP contribution in [0.4, 0.5) is 15.3 Å². The van der Waals surface area contributed by atoms with Crippen LogP contribution in [0.3, 0.4) is 0 Å². The first-order valence-corrected chi connectivity index (χ1v) is 19.9. The average Bonchev–Trinajstić information content (AvgIpc) is 3.19. The number of hydrogen-bond acceptors (Lipinski definition) is 13. The van der Waals surface area contributed by atoms with E-state index < -0.39 is 34.2 Å². The molecule has 2 N–H and O–H groups in total. The maximum absolute atomic E-state index is 12.5. The minimum atomic E-state index is -4.88. The molecule has 58 heavy (non-hydrogen) atoms. The summed E-state index contributed by atoms with van der Waals surface area (Å²) in [5, 5.41) is 6.33. The van der Waals surface area contributed by atoms with Crippen molar-refractivity contribution in [3.05, 3.63) is 90.3 Å². The molecule has 2 amide bonds. The van der Waals surface area contributed by atoms with Gasteiger partial charge in [0, 0.05) is 57.6 Å². The summed E-state index contributed by atoms with van der Waals surface area (Å²) in [5.74, 6) is -0.710. The molecule has 0 saturated heterocycles. The number of carbonyl (C=O) groups excluding carboxylic acids is 4. The minimum absolute atomic E-state index is 0.0323. The van der Waals surface area contributed by atoms with Gasteiger partial charge in [-0.05, 0) is 52.0 Å². The SMILES string of the molecule is C=C(C)C(=O)OCCNC(=O)OCCN(CC)c1ccc2c(-c3ccccc3S(=O)(=O)[O-])c3ccc(=[N+](CC)CCOC(=O)NCCOC(=O)C(=C)C)cc-3oc2c1. The van der Waals surface area contributed by atoms with Crippen LogP contribution in [0.2, 0.25) is 0 Å². The molecule has 0 spiro atoms. The number of esters is 2. The van der Waals surface area contributed by atoms with Crippen molar-refractivity contribution in [3.63, 3.8) is 0 Å². The predicted octanol–water partition coefficient (Wildman–Crippen LogP) is 4.42. The van der Waals surface area contributed by atoms with Gasteiger partial charge in [-0.1, -0.05) is 31.4 Å². The maximum Gasteiger partial charge on any atom is 0.407 e. The third-order valence-corrected chi connectivity index (χ3v) is 9.60. The summed E-state index contributed by atoms with van der Waals surface area (Å²) in [5.41, 5.74) is 2.88. The van der Waals surface area contributed by atoms with Gasteiger partial charge < -0.3 is 43.5 Å². The molecule has 1 aliphatic carbocycles. The van der Waals surface area contributed by atoms with Crippen LogP contribution < -0.4 is 25.5 Å². The number of hydrogen-bond donors (Lipinski definition) is 2. The van der Waals surface area contributed by atoms with Gasteiger partial charge in [0.25, 0.3) is 0 Å². The van der Waals surface area contributed by atoms with Crippen molar-refractivity contribution in [1.29, 1.82) is 0 Å². The quantitative estimate of drug-likeness (QED) is 0.0256.